The maximum Gasteiger partial charge on any atom is 0.325 e. The summed E-state index contributed by atoms with van der Waals surface area (Å²) in [6.07, 6.45) is 0.517. The molecule has 106 valence electrons. The number of hydrogen-bond acceptors (Lipinski definition) is 4. The van der Waals surface area contributed by atoms with Gasteiger partial charge in [0.25, 0.3) is 0 Å². The summed E-state index contributed by atoms with van der Waals surface area (Å²) in [6.45, 7) is 1.69. The predicted octanol–water partition coefficient (Wildman–Crippen LogP) is 1.35. The minimum Gasteiger partial charge on any atom is -0.468 e. The maximum atomic E-state index is 12.1. The van der Waals surface area contributed by atoms with Crippen LogP contribution in [0, 0.1) is 0 Å². The van der Waals surface area contributed by atoms with E-state index in [-0.39, 0.29) is 24.9 Å². The van der Waals surface area contributed by atoms with E-state index < -0.39 is 12.0 Å². The minimum absolute atomic E-state index is 0. The molecule has 1 aromatic carbocycles. The molecule has 0 aliphatic carbocycles. The molecule has 0 aliphatic rings. The summed E-state index contributed by atoms with van der Waals surface area (Å²) in [6, 6.07) is 8.32. The van der Waals surface area contributed by atoms with Crippen LogP contribution >= 0.6 is 12.4 Å². The van der Waals surface area contributed by atoms with Crippen LogP contribution in [0.25, 0.3) is 0 Å². The van der Waals surface area contributed by atoms with Crippen LogP contribution in [0.4, 0.5) is 5.69 Å². The first-order chi connectivity index (χ1) is 8.60. The highest BCUT2D eigenvalue weighted by molar-refractivity contribution is 6.00. The SMILES string of the molecule is CCC(N)C(=O)N(CC(=O)OC)c1ccccc1.Cl. The number of esters is 1. The fourth-order valence-corrected chi connectivity index (χ4v) is 1.47. The van der Waals surface area contributed by atoms with Crippen LogP contribution in [-0.4, -0.2) is 31.6 Å². The number of carbonyl (C=O) groups excluding carboxylic acids is 2. The van der Waals surface area contributed by atoms with Gasteiger partial charge in [-0.3, -0.25) is 14.5 Å². The van der Waals surface area contributed by atoms with Gasteiger partial charge >= 0.3 is 5.97 Å². The Morgan fingerprint density at radius 1 is 1.32 bits per heavy atom. The normalized spacial score (nSPS) is 11.1. The number of rotatable bonds is 5. The molecule has 0 aliphatic heterocycles. The predicted molar refractivity (Wildman–Crippen MR) is 76.3 cm³/mol. The lowest BCUT2D eigenvalue weighted by atomic mass is 10.2. The molecule has 0 radical (unpaired) electrons. The number of methoxy groups -OCH3 is 1. The van der Waals surface area contributed by atoms with Crippen LogP contribution in [-0.2, 0) is 14.3 Å². The largest absolute Gasteiger partial charge is 0.468 e. The van der Waals surface area contributed by atoms with Crippen molar-refractivity contribution >= 4 is 30.0 Å². The molecule has 0 spiro atoms. The van der Waals surface area contributed by atoms with Gasteiger partial charge in [-0.25, -0.2) is 0 Å². The molecule has 0 fully saturated rings. The van der Waals surface area contributed by atoms with Gasteiger partial charge in [0.05, 0.1) is 13.2 Å². The Labute approximate surface area is 119 Å². The van der Waals surface area contributed by atoms with Crippen molar-refractivity contribution in [2.24, 2.45) is 5.73 Å². The molecule has 0 bridgehead atoms. The van der Waals surface area contributed by atoms with E-state index in [0.717, 1.165) is 0 Å². The molecule has 1 unspecified atom stereocenters. The first kappa shape index (κ1) is 17.4. The monoisotopic (exact) mass is 286 g/mol. The van der Waals surface area contributed by atoms with Crippen LogP contribution < -0.4 is 10.6 Å². The van der Waals surface area contributed by atoms with Crippen molar-refractivity contribution in [3.8, 4) is 0 Å². The average Bonchev–Trinajstić information content (AvgIpc) is 2.43. The smallest absolute Gasteiger partial charge is 0.325 e. The standard InChI is InChI=1S/C13H18N2O3.ClH/c1-3-11(14)13(17)15(9-12(16)18-2)10-7-5-4-6-8-10;/h4-8,11H,3,9,14H2,1-2H3;1H. The molecular formula is C13H19ClN2O3. The highest BCUT2D eigenvalue weighted by Gasteiger charge is 2.23. The summed E-state index contributed by atoms with van der Waals surface area (Å²) >= 11 is 0. The van der Waals surface area contributed by atoms with Crippen molar-refractivity contribution < 1.29 is 14.3 Å². The van der Waals surface area contributed by atoms with Gasteiger partial charge in [0.15, 0.2) is 0 Å². The molecule has 1 amide bonds. The second kappa shape index (κ2) is 8.50. The van der Waals surface area contributed by atoms with Gasteiger partial charge in [-0.2, -0.15) is 0 Å². The van der Waals surface area contributed by atoms with Gasteiger partial charge in [0.2, 0.25) is 5.91 Å². The number of carbonyl (C=O) groups is 2. The molecule has 0 aromatic heterocycles. The molecule has 6 heteroatoms. The van der Waals surface area contributed by atoms with Crippen molar-refractivity contribution in [3.05, 3.63) is 30.3 Å². The van der Waals surface area contributed by atoms with E-state index in [4.69, 9.17) is 5.73 Å². The Kier molecular flexibility index (Phi) is 7.79. The van der Waals surface area contributed by atoms with E-state index in [2.05, 4.69) is 4.74 Å². The van der Waals surface area contributed by atoms with Gasteiger partial charge in [-0.05, 0) is 18.6 Å². The molecule has 0 saturated heterocycles. The third kappa shape index (κ3) is 4.89. The molecule has 1 atom stereocenters. The van der Waals surface area contributed by atoms with Crippen molar-refractivity contribution in [2.45, 2.75) is 19.4 Å². The van der Waals surface area contributed by atoms with E-state index in [1.165, 1.54) is 12.0 Å². The topological polar surface area (TPSA) is 72.6 Å². The Bertz CT molecular complexity index is 412. The van der Waals surface area contributed by atoms with E-state index in [0.29, 0.717) is 12.1 Å². The lowest BCUT2D eigenvalue weighted by Crippen LogP contribution is -2.46. The van der Waals surface area contributed by atoms with E-state index in [9.17, 15) is 9.59 Å². The van der Waals surface area contributed by atoms with Gasteiger partial charge < -0.3 is 10.5 Å². The van der Waals surface area contributed by atoms with Crippen molar-refractivity contribution in [2.75, 3.05) is 18.6 Å². The number of ether oxygens (including phenoxy) is 1. The first-order valence-corrected chi connectivity index (χ1v) is 5.79. The van der Waals surface area contributed by atoms with E-state index >= 15 is 0 Å². The fraction of sp³-hybridized carbons (Fsp3) is 0.385. The number of anilines is 1. The molecule has 19 heavy (non-hydrogen) atoms. The maximum absolute atomic E-state index is 12.1. The molecule has 2 N–H and O–H groups in total. The van der Waals surface area contributed by atoms with E-state index in [1.54, 1.807) is 24.3 Å². The summed E-state index contributed by atoms with van der Waals surface area (Å²) < 4.78 is 4.59. The number of benzene rings is 1. The molecule has 0 heterocycles. The molecule has 0 saturated carbocycles. The third-order valence-corrected chi connectivity index (χ3v) is 2.61. The summed E-state index contributed by atoms with van der Waals surface area (Å²) in [5.74, 6) is -0.760. The second-order valence-electron chi connectivity index (χ2n) is 3.85. The second-order valence-corrected chi connectivity index (χ2v) is 3.85. The fourth-order valence-electron chi connectivity index (χ4n) is 1.47. The molecule has 1 aromatic rings. The quantitative estimate of drug-likeness (QED) is 0.830. The minimum atomic E-state index is -0.616. The van der Waals surface area contributed by atoms with Gasteiger partial charge in [0.1, 0.15) is 6.54 Å². The highest BCUT2D eigenvalue weighted by atomic mass is 35.5. The van der Waals surface area contributed by atoms with Crippen molar-refractivity contribution in [3.63, 3.8) is 0 Å². The lowest BCUT2D eigenvalue weighted by Gasteiger charge is -2.24. The lowest BCUT2D eigenvalue weighted by molar-refractivity contribution is -0.140. The summed E-state index contributed by atoms with van der Waals surface area (Å²) in [5, 5.41) is 0. The molecule has 5 nitrogen and oxygen atoms in total. The van der Waals surface area contributed by atoms with Crippen molar-refractivity contribution in [1.29, 1.82) is 0 Å². The zero-order chi connectivity index (χ0) is 13.5. The Morgan fingerprint density at radius 2 is 1.89 bits per heavy atom. The van der Waals surface area contributed by atoms with Crippen LogP contribution in [0.1, 0.15) is 13.3 Å². The van der Waals surface area contributed by atoms with Gasteiger partial charge in [-0.1, -0.05) is 25.1 Å². The summed E-state index contributed by atoms with van der Waals surface area (Å²) in [5.41, 5.74) is 6.36. The number of nitrogens with zero attached hydrogens (tertiary/aromatic N) is 1. The van der Waals surface area contributed by atoms with E-state index in [1.807, 2.05) is 13.0 Å². The first-order valence-electron chi connectivity index (χ1n) is 5.79. The number of nitrogens with two attached hydrogens (primary N) is 1. The van der Waals surface area contributed by atoms with Crippen molar-refractivity contribution in [1.82, 2.24) is 0 Å². The van der Waals surface area contributed by atoms with Gasteiger partial charge in [-0.15, -0.1) is 12.4 Å². The zero-order valence-electron chi connectivity index (χ0n) is 11.0. The van der Waals surface area contributed by atoms with Crippen LogP contribution in [0.5, 0.6) is 0 Å². The number of halogens is 1. The summed E-state index contributed by atoms with van der Waals surface area (Å²) in [4.78, 5) is 24.8. The van der Waals surface area contributed by atoms with Crippen LogP contribution in [0.3, 0.4) is 0 Å². The number of para-hydroxylation sites is 1. The number of hydrogen-bond donors (Lipinski definition) is 1. The Balaban J connectivity index is 0.00000324. The third-order valence-electron chi connectivity index (χ3n) is 2.61. The molecule has 1 rings (SSSR count). The zero-order valence-corrected chi connectivity index (χ0v) is 11.9. The molecular weight excluding hydrogens is 268 g/mol. The summed E-state index contributed by atoms with van der Waals surface area (Å²) in [7, 11) is 1.29. The average molecular weight is 287 g/mol. The number of amides is 1. The highest BCUT2D eigenvalue weighted by Crippen LogP contribution is 2.14. The Hall–Kier alpha value is -1.59. The van der Waals surface area contributed by atoms with Gasteiger partial charge in [0, 0.05) is 5.69 Å². The van der Waals surface area contributed by atoms with Crippen LogP contribution in [0.15, 0.2) is 30.3 Å². The Morgan fingerprint density at radius 3 is 2.37 bits per heavy atom. The van der Waals surface area contributed by atoms with Crippen LogP contribution in [0.2, 0.25) is 0 Å².